The van der Waals surface area contributed by atoms with E-state index in [1.807, 2.05) is 0 Å². The van der Waals surface area contributed by atoms with E-state index in [4.69, 9.17) is 0 Å². The molecule has 0 saturated carbocycles. The second-order valence-corrected chi connectivity index (χ2v) is 12.9. The summed E-state index contributed by atoms with van der Waals surface area (Å²) < 4.78 is 0. The molecule has 0 radical (unpaired) electrons. The minimum absolute atomic E-state index is 0.804. The van der Waals surface area contributed by atoms with E-state index in [0.29, 0.717) is 0 Å². The predicted molar refractivity (Wildman–Crippen MR) is 198 cm³/mol. The fraction of sp³-hybridized carbons (Fsp3) is 0.0909. The highest BCUT2D eigenvalue weighted by atomic mass is 15.1. The Morgan fingerprint density at radius 3 is 1.22 bits per heavy atom. The first kappa shape index (κ1) is 26.8. The molecule has 8 aromatic carbocycles. The standard InChI is InChI=1S/C44H34N2/c1-45-27-29-9-7-16-38(21-29)44-40-26-34-14-6-4-12-32(34)24-36(40)18-20-42(44)46(2)28-30-10-8-15-37(22-30)43-39-25-33-13-5-3-11-31(33)23-35(39)17-19-41(43)45/h3-26H,27-28H2,1-2H3. The molecule has 220 valence electrons. The highest BCUT2D eigenvalue weighted by Gasteiger charge is 2.19. The van der Waals surface area contributed by atoms with E-state index in [2.05, 4.69) is 169 Å². The maximum atomic E-state index is 2.42. The van der Waals surface area contributed by atoms with Crippen LogP contribution in [0.1, 0.15) is 11.1 Å². The van der Waals surface area contributed by atoms with E-state index in [9.17, 15) is 0 Å². The van der Waals surface area contributed by atoms with Gasteiger partial charge in [0.2, 0.25) is 0 Å². The SMILES string of the molecule is CN1Cc2cccc(c2)-c2c(ccc3cc4ccccc4cc23)N(C)Cc2cccc(c2)-c2c1ccc1cc3ccccc3cc21. The zero-order valence-corrected chi connectivity index (χ0v) is 26.2. The van der Waals surface area contributed by atoms with E-state index in [0.717, 1.165) is 13.1 Å². The maximum Gasteiger partial charge on any atom is 0.0452 e. The van der Waals surface area contributed by atoms with Crippen molar-refractivity contribution in [3.63, 3.8) is 0 Å². The fourth-order valence-corrected chi connectivity index (χ4v) is 7.62. The van der Waals surface area contributed by atoms with Crippen molar-refractivity contribution in [1.29, 1.82) is 0 Å². The van der Waals surface area contributed by atoms with Crippen LogP contribution in [-0.4, -0.2) is 14.1 Å². The molecule has 0 N–H and O–H groups in total. The molecule has 2 heteroatoms. The first-order valence-corrected chi connectivity index (χ1v) is 16.1. The quantitative estimate of drug-likeness (QED) is 0.162. The van der Waals surface area contributed by atoms with Gasteiger partial charge in [-0.15, -0.1) is 0 Å². The molecule has 46 heavy (non-hydrogen) atoms. The van der Waals surface area contributed by atoms with Crippen LogP contribution >= 0.6 is 0 Å². The molecule has 4 bridgehead atoms. The number of hydrogen-bond donors (Lipinski definition) is 0. The first-order chi connectivity index (χ1) is 22.6. The Balaban J connectivity index is 1.29. The normalized spacial score (nSPS) is 13.2. The minimum Gasteiger partial charge on any atom is -0.370 e. The van der Waals surface area contributed by atoms with Crippen molar-refractivity contribution < 1.29 is 0 Å². The molecule has 0 spiro atoms. The Bertz CT molecular complexity index is 2300. The zero-order valence-electron chi connectivity index (χ0n) is 26.2. The van der Waals surface area contributed by atoms with Crippen LogP contribution in [0.4, 0.5) is 11.4 Å². The molecule has 1 aliphatic heterocycles. The van der Waals surface area contributed by atoms with Gasteiger partial charge in [-0.1, -0.05) is 97.1 Å². The molecule has 0 aromatic heterocycles. The number of benzene rings is 8. The molecule has 2 nitrogen and oxygen atoms in total. The summed E-state index contributed by atoms with van der Waals surface area (Å²) in [6, 6.07) is 54.4. The van der Waals surface area contributed by atoms with E-state index < -0.39 is 0 Å². The molecular formula is C44H34N2. The summed E-state index contributed by atoms with van der Waals surface area (Å²) in [5.41, 5.74) is 10.2. The summed E-state index contributed by atoms with van der Waals surface area (Å²) in [6.07, 6.45) is 0. The average Bonchev–Trinajstić information content (AvgIpc) is 3.08. The highest BCUT2D eigenvalue weighted by molar-refractivity contribution is 6.10. The van der Waals surface area contributed by atoms with Crippen LogP contribution in [0, 0.1) is 0 Å². The fourth-order valence-electron chi connectivity index (χ4n) is 7.62. The Kier molecular flexibility index (Phi) is 6.11. The first-order valence-electron chi connectivity index (χ1n) is 16.1. The van der Waals surface area contributed by atoms with Crippen LogP contribution in [0.5, 0.6) is 0 Å². The molecule has 0 amide bonds. The molecule has 0 aliphatic carbocycles. The van der Waals surface area contributed by atoms with Crippen LogP contribution in [0.3, 0.4) is 0 Å². The van der Waals surface area contributed by atoms with E-state index in [1.165, 1.54) is 87.8 Å². The third-order valence-electron chi connectivity index (χ3n) is 9.82. The number of hydrogen-bond acceptors (Lipinski definition) is 2. The summed E-state index contributed by atoms with van der Waals surface area (Å²) in [5.74, 6) is 0. The van der Waals surface area contributed by atoms with Crippen molar-refractivity contribution in [2.75, 3.05) is 23.9 Å². The Morgan fingerprint density at radius 1 is 0.370 bits per heavy atom. The van der Waals surface area contributed by atoms with Gasteiger partial charge >= 0.3 is 0 Å². The van der Waals surface area contributed by atoms with Gasteiger partial charge in [0, 0.05) is 49.7 Å². The lowest BCUT2D eigenvalue weighted by atomic mass is 9.91. The lowest BCUT2D eigenvalue weighted by molar-refractivity contribution is 0.919. The van der Waals surface area contributed by atoms with Gasteiger partial charge in [0.05, 0.1) is 0 Å². The summed E-state index contributed by atoms with van der Waals surface area (Å²) in [7, 11) is 4.47. The third-order valence-corrected chi connectivity index (χ3v) is 9.82. The van der Waals surface area contributed by atoms with Crippen LogP contribution in [0.25, 0.3) is 65.3 Å². The van der Waals surface area contributed by atoms with Crippen LogP contribution < -0.4 is 9.80 Å². The maximum absolute atomic E-state index is 2.42. The molecule has 1 aliphatic rings. The molecule has 0 atom stereocenters. The number of fused-ring (bicyclic) bond motifs is 14. The van der Waals surface area contributed by atoms with Crippen LogP contribution in [-0.2, 0) is 13.1 Å². The Hall–Kier alpha value is -5.60. The highest BCUT2D eigenvalue weighted by Crippen LogP contribution is 2.43. The molecule has 0 unspecified atom stereocenters. The smallest absolute Gasteiger partial charge is 0.0452 e. The average molecular weight is 591 g/mol. The van der Waals surface area contributed by atoms with Gasteiger partial charge in [0.1, 0.15) is 0 Å². The van der Waals surface area contributed by atoms with Crippen molar-refractivity contribution in [2.24, 2.45) is 0 Å². The van der Waals surface area contributed by atoms with Gasteiger partial charge in [0.25, 0.3) is 0 Å². The van der Waals surface area contributed by atoms with Crippen molar-refractivity contribution in [3.05, 3.63) is 157 Å². The summed E-state index contributed by atoms with van der Waals surface area (Å²) >= 11 is 0. The van der Waals surface area contributed by atoms with E-state index in [-0.39, 0.29) is 0 Å². The largest absolute Gasteiger partial charge is 0.370 e. The number of nitrogens with zero attached hydrogens (tertiary/aromatic N) is 2. The van der Waals surface area contributed by atoms with Crippen LogP contribution in [0.15, 0.2) is 146 Å². The molecule has 0 saturated heterocycles. The lowest BCUT2D eigenvalue weighted by Crippen LogP contribution is -2.19. The third kappa shape index (κ3) is 4.41. The minimum atomic E-state index is 0.804. The predicted octanol–water partition coefficient (Wildman–Crippen LogP) is 11.2. The summed E-state index contributed by atoms with van der Waals surface area (Å²) in [6.45, 7) is 1.61. The molecule has 9 rings (SSSR count). The van der Waals surface area contributed by atoms with Crippen molar-refractivity contribution in [1.82, 2.24) is 0 Å². The molecule has 8 aromatic rings. The Labute approximate surface area is 269 Å². The number of anilines is 2. The van der Waals surface area contributed by atoms with Crippen molar-refractivity contribution in [3.8, 4) is 22.3 Å². The van der Waals surface area contributed by atoms with Gasteiger partial charge in [-0.05, 0) is 114 Å². The van der Waals surface area contributed by atoms with Gasteiger partial charge in [-0.2, -0.15) is 0 Å². The summed E-state index contributed by atoms with van der Waals surface area (Å²) in [4.78, 5) is 4.84. The lowest BCUT2D eigenvalue weighted by Gasteiger charge is -2.27. The van der Waals surface area contributed by atoms with Gasteiger partial charge in [-0.3, -0.25) is 0 Å². The van der Waals surface area contributed by atoms with Gasteiger partial charge in [-0.25, -0.2) is 0 Å². The number of rotatable bonds is 0. The monoisotopic (exact) mass is 590 g/mol. The van der Waals surface area contributed by atoms with E-state index >= 15 is 0 Å². The van der Waals surface area contributed by atoms with Gasteiger partial charge in [0.15, 0.2) is 0 Å². The topological polar surface area (TPSA) is 6.48 Å². The zero-order chi connectivity index (χ0) is 30.8. The second kappa shape index (κ2) is 10.5. The summed E-state index contributed by atoms with van der Waals surface area (Å²) in [5, 5.41) is 10.2. The van der Waals surface area contributed by atoms with E-state index in [1.54, 1.807) is 0 Å². The molecule has 1 heterocycles. The van der Waals surface area contributed by atoms with Gasteiger partial charge < -0.3 is 9.80 Å². The molecule has 0 fully saturated rings. The molecular weight excluding hydrogens is 556 g/mol. The van der Waals surface area contributed by atoms with Crippen LogP contribution in [0.2, 0.25) is 0 Å². The van der Waals surface area contributed by atoms with Crippen molar-refractivity contribution >= 4 is 54.5 Å². The second-order valence-electron chi connectivity index (χ2n) is 12.9. The van der Waals surface area contributed by atoms with Crippen molar-refractivity contribution in [2.45, 2.75) is 13.1 Å². The Morgan fingerprint density at radius 2 is 0.783 bits per heavy atom.